The maximum Gasteiger partial charge on any atom is 0.244 e. The lowest BCUT2D eigenvalue weighted by molar-refractivity contribution is -0.135. The molecule has 1 saturated heterocycles. The van der Waals surface area contributed by atoms with E-state index in [0.29, 0.717) is 13.1 Å². The lowest BCUT2D eigenvalue weighted by atomic mass is 9.86. The molecule has 4 rings (SSSR count). The van der Waals surface area contributed by atoms with E-state index in [1.165, 1.54) is 10.8 Å². The van der Waals surface area contributed by atoms with Crippen LogP contribution in [0.3, 0.4) is 0 Å². The number of carbonyl (C=O) groups is 1. The number of likely N-dealkylation sites (tertiary alicyclic amines) is 1. The highest BCUT2D eigenvalue weighted by atomic mass is 16.3. The Labute approximate surface area is 146 Å². The summed E-state index contributed by atoms with van der Waals surface area (Å²) in [7, 11) is 0. The van der Waals surface area contributed by atoms with Crippen LogP contribution in [0.1, 0.15) is 17.9 Å². The number of benzene rings is 2. The molecule has 1 N–H and O–H groups in total. The summed E-state index contributed by atoms with van der Waals surface area (Å²) in [5, 5.41) is 17.1. The van der Waals surface area contributed by atoms with Crippen LogP contribution in [0.4, 0.5) is 0 Å². The van der Waals surface area contributed by atoms with E-state index < -0.39 is 6.10 Å². The first-order chi connectivity index (χ1) is 12.2. The van der Waals surface area contributed by atoms with E-state index in [-0.39, 0.29) is 18.4 Å². The largest absolute Gasteiger partial charge is 0.391 e. The average Bonchev–Trinajstić information content (AvgIpc) is 3.14. The number of piperidine rings is 1. The molecule has 2 heterocycles. The molecular weight excluding hydrogens is 314 g/mol. The monoisotopic (exact) mass is 335 g/mol. The molecular formula is C20H21N3O2. The number of aliphatic hydroxyl groups excluding tert-OH is 1. The SMILES string of the molecule is O=C(Cn1cccn1)N1CC[C@@H](c2ccc3ccccc3c2)[C@H](O)C1. The van der Waals surface area contributed by atoms with Gasteiger partial charge in [-0.15, -0.1) is 0 Å². The van der Waals surface area contributed by atoms with Gasteiger partial charge in [0.05, 0.1) is 6.10 Å². The van der Waals surface area contributed by atoms with Gasteiger partial charge in [0.1, 0.15) is 6.54 Å². The maximum atomic E-state index is 12.4. The molecule has 0 unspecified atom stereocenters. The third kappa shape index (κ3) is 3.28. The third-order valence-electron chi connectivity index (χ3n) is 4.99. The zero-order valence-corrected chi connectivity index (χ0v) is 14.0. The third-order valence-corrected chi connectivity index (χ3v) is 4.99. The molecule has 128 valence electrons. The van der Waals surface area contributed by atoms with Gasteiger partial charge in [-0.2, -0.15) is 5.10 Å². The second kappa shape index (κ2) is 6.69. The number of hydrogen-bond donors (Lipinski definition) is 1. The van der Waals surface area contributed by atoms with Gasteiger partial charge in [-0.25, -0.2) is 0 Å². The van der Waals surface area contributed by atoms with Crippen molar-refractivity contribution in [3.63, 3.8) is 0 Å². The number of nitrogens with zero attached hydrogens (tertiary/aromatic N) is 3. The fourth-order valence-electron chi connectivity index (χ4n) is 3.62. The summed E-state index contributed by atoms with van der Waals surface area (Å²) in [4.78, 5) is 14.1. The Bertz CT molecular complexity index is 876. The molecule has 25 heavy (non-hydrogen) atoms. The molecule has 3 aromatic rings. The number of rotatable bonds is 3. The summed E-state index contributed by atoms with van der Waals surface area (Å²) in [5.41, 5.74) is 1.14. The summed E-state index contributed by atoms with van der Waals surface area (Å²) in [6.45, 7) is 1.26. The fraction of sp³-hybridized carbons (Fsp3) is 0.300. The summed E-state index contributed by atoms with van der Waals surface area (Å²) < 4.78 is 1.62. The van der Waals surface area contributed by atoms with Gasteiger partial charge in [0.25, 0.3) is 0 Å². The van der Waals surface area contributed by atoms with Crippen molar-refractivity contribution >= 4 is 16.7 Å². The Morgan fingerprint density at radius 3 is 2.76 bits per heavy atom. The average molecular weight is 335 g/mol. The first kappa shape index (κ1) is 15.8. The van der Waals surface area contributed by atoms with E-state index in [4.69, 9.17) is 0 Å². The second-order valence-corrected chi connectivity index (χ2v) is 6.61. The van der Waals surface area contributed by atoms with Crippen molar-refractivity contribution in [1.29, 1.82) is 0 Å². The van der Waals surface area contributed by atoms with Crippen molar-refractivity contribution in [3.05, 3.63) is 66.5 Å². The highest BCUT2D eigenvalue weighted by molar-refractivity contribution is 5.83. The number of hydrogen-bond acceptors (Lipinski definition) is 3. The van der Waals surface area contributed by atoms with Crippen molar-refractivity contribution in [1.82, 2.24) is 14.7 Å². The highest BCUT2D eigenvalue weighted by Gasteiger charge is 2.31. The first-order valence-corrected chi connectivity index (χ1v) is 8.63. The standard InChI is InChI=1S/C20H21N3O2/c24-19-13-22(20(25)14-23-10-3-9-21-23)11-8-18(19)17-7-6-15-4-1-2-5-16(15)12-17/h1-7,9-10,12,18-19,24H,8,11,13-14H2/t18-,19+/m0/s1. The van der Waals surface area contributed by atoms with Crippen molar-refractivity contribution in [2.24, 2.45) is 0 Å². The van der Waals surface area contributed by atoms with Gasteiger partial charge in [-0.05, 0) is 28.8 Å². The summed E-state index contributed by atoms with van der Waals surface area (Å²) in [6, 6.07) is 16.4. The molecule has 0 radical (unpaired) electrons. The van der Waals surface area contributed by atoms with Gasteiger partial charge in [0.15, 0.2) is 0 Å². The minimum atomic E-state index is -0.545. The molecule has 2 aromatic carbocycles. The highest BCUT2D eigenvalue weighted by Crippen LogP contribution is 2.30. The van der Waals surface area contributed by atoms with Gasteiger partial charge < -0.3 is 10.0 Å². The first-order valence-electron chi connectivity index (χ1n) is 8.63. The summed E-state index contributed by atoms with van der Waals surface area (Å²) >= 11 is 0. The van der Waals surface area contributed by atoms with Crippen molar-refractivity contribution in [2.75, 3.05) is 13.1 Å². The van der Waals surface area contributed by atoms with Gasteiger partial charge in [-0.1, -0.05) is 42.5 Å². The van der Waals surface area contributed by atoms with Gasteiger partial charge in [-0.3, -0.25) is 9.48 Å². The molecule has 1 aliphatic rings. The van der Waals surface area contributed by atoms with Crippen LogP contribution in [-0.2, 0) is 11.3 Å². The second-order valence-electron chi connectivity index (χ2n) is 6.61. The van der Waals surface area contributed by atoms with Crippen LogP contribution in [0.2, 0.25) is 0 Å². The molecule has 5 nitrogen and oxygen atoms in total. The molecule has 0 bridgehead atoms. The Morgan fingerprint density at radius 1 is 1.16 bits per heavy atom. The normalized spacial score (nSPS) is 20.8. The molecule has 1 aliphatic heterocycles. The van der Waals surface area contributed by atoms with Crippen molar-refractivity contribution < 1.29 is 9.90 Å². The predicted molar refractivity (Wildman–Crippen MR) is 96.1 cm³/mol. The van der Waals surface area contributed by atoms with Gasteiger partial charge in [0.2, 0.25) is 5.91 Å². The van der Waals surface area contributed by atoms with Crippen LogP contribution in [0.5, 0.6) is 0 Å². The van der Waals surface area contributed by atoms with E-state index in [2.05, 4.69) is 35.4 Å². The number of carbonyl (C=O) groups excluding carboxylic acids is 1. The molecule has 0 aliphatic carbocycles. The molecule has 1 aromatic heterocycles. The van der Waals surface area contributed by atoms with Gasteiger partial charge in [0, 0.05) is 31.4 Å². The lowest BCUT2D eigenvalue weighted by Gasteiger charge is -2.36. The predicted octanol–water partition coefficient (Wildman–Crippen LogP) is 2.41. The van der Waals surface area contributed by atoms with Crippen LogP contribution in [-0.4, -0.2) is 44.9 Å². The number of fused-ring (bicyclic) bond motifs is 1. The van der Waals surface area contributed by atoms with Crippen LogP contribution in [0.25, 0.3) is 10.8 Å². The number of amides is 1. The van der Waals surface area contributed by atoms with E-state index >= 15 is 0 Å². The van der Waals surface area contributed by atoms with Crippen molar-refractivity contribution in [3.8, 4) is 0 Å². The lowest BCUT2D eigenvalue weighted by Crippen LogP contribution is -2.46. The topological polar surface area (TPSA) is 58.4 Å². The minimum absolute atomic E-state index is 0.000267. The quantitative estimate of drug-likeness (QED) is 0.800. The smallest absolute Gasteiger partial charge is 0.244 e. The van der Waals surface area contributed by atoms with E-state index in [9.17, 15) is 9.90 Å². The van der Waals surface area contributed by atoms with Crippen LogP contribution in [0.15, 0.2) is 60.9 Å². The molecule has 0 spiro atoms. The molecule has 1 amide bonds. The van der Waals surface area contributed by atoms with E-state index in [1.807, 2.05) is 12.1 Å². The number of β-amino-alcohol motifs (C(OH)–C–C–N with tert-alkyl or cyclic N) is 1. The summed E-state index contributed by atoms with van der Waals surface area (Å²) in [5.74, 6) is 0.0677. The van der Waals surface area contributed by atoms with E-state index in [0.717, 1.165) is 12.0 Å². The molecule has 2 atom stereocenters. The fourth-order valence-corrected chi connectivity index (χ4v) is 3.62. The van der Waals surface area contributed by atoms with Crippen LogP contribution < -0.4 is 0 Å². The molecule has 0 saturated carbocycles. The zero-order chi connectivity index (χ0) is 17.2. The molecule has 5 heteroatoms. The Balaban J connectivity index is 1.46. The van der Waals surface area contributed by atoms with E-state index in [1.54, 1.807) is 28.0 Å². The minimum Gasteiger partial charge on any atom is -0.391 e. The Morgan fingerprint density at radius 2 is 2.00 bits per heavy atom. The maximum absolute atomic E-state index is 12.4. The van der Waals surface area contributed by atoms with Crippen LogP contribution in [0, 0.1) is 0 Å². The van der Waals surface area contributed by atoms with Gasteiger partial charge >= 0.3 is 0 Å². The zero-order valence-electron chi connectivity index (χ0n) is 14.0. The number of aliphatic hydroxyl groups is 1. The Hall–Kier alpha value is -2.66. The number of aromatic nitrogens is 2. The van der Waals surface area contributed by atoms with Crippen molar-refractivity contribution in [2.45, 2.75) is 25.0 Å². The van der Waals surface area contributed by atoms with Crippen LogP contribution >= 0.6 is 0 Å². The Kier molecular flexibility index (Phi) is 4.24. The summed E-state index contributed by atoms with van der Waals surface area (Å²) in [6.07, 6.45) is 3.66. The molecule has 1 fully saturated rings.